The molecule has 1 atom stereocenters. The van der Waals surface area contributed by atoms with E-state index in [1.165, 1.54) is 17.0 Å². The molecule has 1 fully saturated rings. The Hall–Kier alpha value is -2.94. The van der Waals surface area contributed by atoms with Gasteiger partial charge in [-0.25, -0.2) is 12.8 Å². The fourth-order valence-electron chi connectivity index (χ4n) is 4.93. The van der Waals surface area contributed by atoms with Gasteiger partial charge in [-0.3, -0.25) is 13.9 Å². The molecule has 1 aliphatic rings. The van der Waals surface area contributed by atoms with E-state index in [1.54, 1.807) is 31.2 Å². The maximum absolute atomic E-state index is 13.8. The van der Waals surface area contributed by atoms with Gasteiger partial charge in [0.25, 0.3) is 0 Å². The first-order chi connectivity index (χ1) is 17.5. The Labute approximate surface area is 220 Å². The van der Waals surface area contributed by atoms with Crippen molar-refractivity contribution in [3.8, 4) is 0 Å². The van der Waals surface area contributed by atoms with Crippen LogP contribution in [0.5, 0.6) is 0 Å². The van der Waals surface area contributed by atoms with Gasteiger partial charge in [0.15, 0.2) is 0 Å². The minimum atomic E-state index is -3.80. The van der Waals surface area contributed by atoms with E-state index in [0.717, 1.165) is 53.8 Å². The minimum Gasteiger partial charge on any atom is -0.352 e. The highest BCUT2D eigenvalue weighted by atomic mass is 32.2. The molecule has 0 spiro atoms. The quantitative estimate of drug-likeness (QED) is 0.490. The molecule has 0 aliphatic heterocycles. The average Bonchev–Trinajstić information content (AvgIpc) is 2.84. The summed E-state index contributed by atoms with van der Waals surface area (Å²) in [5, 5.41) is 3.11. The number of sulfonamides is 1. The number of halogens is 1. The smallest absolute Gasteiger partial charge is 0.244 e. The lowest BCUT2D eigenvalue weighted by Crippen LogP contribution is -2.54. The molecule has 3 rings (SSSR count). The highest BCUT2D eigenvalue weighted by Crippen LogP contribution is 2.25. The first kappa shape index (κ1) is 28.6. The number of rotatable bonds is 10. The van der Waals surface area contributed by atoms with Gasteiger partial charge in [0.05, 0.1) is 11.9 Å². The second kappa shape index (κ2) is 12.5. The zero-order valence-corrected chi connectivity index (χ0v) is 23.0. The molecule has 37 heavy (non-hydrogen) atoms. The molecule has 9 heteroatoms. The number of nitrogens with zero attached hydrogens (tertiary/aromatic N) is 2. The molecule has 1 aliphatic carbocycles. The van der Waals surface area contributed by atoms with Crippen LogP contribution in [-0.4, -0.2) is 50.0 Å². The van der Waals surface area contributed by atoms with Crippen molar-refractivity contribution in [2.24, 2.45) is 0 Å². The summed E-state index contributed by atoms with van der Waals surface area (Å²) < 4.78 is 40.2. The van der Waals surface area contributed by atoms with Gasteiger partial charge in [-0.05, 0) is 62.4 Å². The molecule has 7 nitrogen and oxygen atoms in total. The first-order valence-corrected chi connectivity index (χ1v) is 14.7. The largest absolute Gasteiger partial charge is 0.352 e. The first-order valence-electron chi connectivity index (χ1n) is 12.9. The van der Waals surface area contributed by atoms with Crippen LogP contribution in [0.1, 0.15) is 62.1 Å². The van der Waals surface area contributed by atoms with E-state index in [-0.39, 0.29) is 18.5 Å². The fraction of sp³-hybridized carbons (Fsp3) is 0.500. The van der Waals surface area contributed by atoms with Crippen molar-refractivity contribution < 1.29 is 22.4 Å². The number of carbonyl (C=O) groups is 2. The molecule has 0 heterocycles. The molecule has 2 amide bonds. The number of nitrogens with one attached hydrogen (secondary N) is 1. The van der Waals surface area contributed by atoms with Gasteiger partial charge < -0.3 is 10.2 Å². The fourth-order valence-corrected chi connectivity index (χ4v) is 5.84. The van der Waals surface area contributed by atoms with Crippen LogP contribution < -0.4 is 9.62 Å². The Kier molecular flexibility index (Phi) is 9.70. The van der Waals surface area contributed by atoms with Crippen molar-refractivity contribution in [3.05, 3.63) is 65.0 Å². The number of amides is 2. The van der Waals surface area contributed by atoms with E-state index in [4.69, 9.17) is 0 Å². The van der Waals surface area contributed by atoms with Crippen LogP contribution in [-0.2, 0) is 26.2 Å². The predicted octanol–water partition coefficient (Wildman–Crippen LogP) is 4.46. The highest BCUT2D eigenvalue weighted by Gasteiger charge is 2.33. The summed E-state index contributed by atoms with van der Waals surface area (Å²) in [6, 6.07) is 10.4. The lowest BCUT2D eigenvalue weighted by Gasteiger charge is -2.34. The molecule has 0 radical (unpaired) electrons. The molecule has 1 unspecified atom stereocenters. The maximum atomic E-state index is 13.8. The van der Waals surface area contributed by atoms with Crippen molar-refractivity contribution in [1.82, 2.24) is 10.2 Å². The SMILES string of the molecule is CCC(C(=O)NC1CCCCC1)N(Cc1ccc(F)cc1)C(=O)CN(c1ccc(C)cc1C)S(C)(=O)=O. The number of hydrogen-bond donors (Lipinski definition) is 1. The number of anilines is 1. The Morgan fingerprint density at radius 2 is 1.70 bits per heavy atom. The normalized spacial score (nSPS) is 15.2. The van der Waals surface area contributed by atoms with E-state index < -0.39 is 34.3 Å². The molecule has 0 bridgehead atoms. The van der Waals surface area contributed by atoms with Crippen LogP contribution in [0.25, 0.3) is 0 Å². The van der Waals surface area contributed by atoms with Gasteiger partial charge in [0.1, 0.15) is 18.4 Å². The van der Waals surface area contributed by atoms with Crippen molar-refractivity contribution in [2.75, 3.05) is 17.1 Å². The monoisotopic (exact) mass is 531 g/mol. The Balaban J connectivity index is 1.93. The van der Waals surface area contributed by atoms with E-state index in [1.807, 2.05) is 19.9 Å². The second-order valence-electron chi connectivity index (χ2n) is 9.98. The predicted molar refractivity (Wildman–Crippen MR) is 144 cm³/mol. The Morgan fingerprint density at radius 3 is 2.27 bits per heavy atom. The van der Waals surface area contributed by atoms with Crippen LogP contribution in [0.3, 0.4) is 0 Å². The number of hydrogen-bond acceptors (Lipinski definition) is 4. The minimum absolute atomic E-state index is 0.0557. The molecule has 0 aromatic heterocycles. The number of benzene rings is 2. The second-order valence-corrected chi connectivity index (χ2v) is 11.9. The number of carbonyl (C=O) groups excluding carboxylic acids is 2. The van der Waals surface area contributed by atoms with Crippen LogP contribution >= 0.6 is 0 Å². The molecule has 1 saturated carbocycles. The van der Waals surface area contributed by atoms with Gasteiger partial charge in [-0.2, -0.15) is 0 Å². The summed E-state index contributed by atoms with van der Waals surface area (Å²) in [6.07, 6.45) is 6.49. The third-order valence-electron chi connectivity index (χ3n) is 6.90. The van der Waals surface area contributed by atoms with Crippen molar-refractivity contribution >= 4 is 27.5 Å². The van der Waals surface area contributed by atoms with Gasteiger partial charge in [0.2, 0.25) is 21.8 Å². The molecule has 2 aromatic rings. The van der Waals surface area contributed by atoms with E-state index >= 15 is 0 Å². The van der Waals surface area contributed by atoms with Gasteiger partial charge in [-0.15, -0.1) is 0 Å². The van der Waals surface area contributed by atoms with Gasteiger partial charge in [-0.1, -0.05) is 56.0 Å². The molecule has 2 aromatic carbocycles. The van der Waals surface area contributed by atoms with Crippen molar-refractivity contribution in [3.63, 3.8) is 0 Å². The molecule has 1 N–H and O–H groups in total. The zero-order chi connectivity index (χ0) is 27.2. The van der Waals surface area contributed by atoms with E-state index in [9.17, 15) is 22.4 Å². The molecular formula is C28H38FN3O4S. The lowest BCUT2D eigenvalue weighted by atomic mass is 9.95. The molecule has 0 saturated heterocycles. The Morgan fingerprint density at radius 1 is 1.05 bits per heavy atom. The van der Waals surface area contributed by atoms with Crippen LogP contribution in [0.2, 0.25) is 0 Å². The van der Waals surface area contributed by atoms with Crippen LogP contribution in [0, 0.1) is 19.7 Å². The van der Waals surface area contributed by atoms with E-state index in [2.05, 4.69) is 5.32 Å². The Bertz CT molecular complexity index is 1190. The van der Waals surface area contributed by atoms with Crippen LogP contribution in [0.15, 0.2) is 42.5 Å². The third kappa shape index (κ3) is 7.77. The topological polar surface area (TPSA) is 86.8 Å². The lowest BCUT2D eigenvalue weighted by molar-refractivity contribution is -0.140. The van der Waals surface area contributed by atoms with Crippen molar-refractivity contribution in [1.29, 1.82) is 0 Å². The summed E-state index contributed by atoms with van der Waals surface area (Å²) >= 11 is 0. The molecular weight excluding hydrogens is 493 g/mol. The van der Waals surface area contributed by atoms with Crippen molar-refractivity contribution in [2.45, 2.75) is 77.9 Å². The summed E-state index contributed by atoms with van der Waals surface area (Å²) in [5.74, 6) is -1.15. The maximum Gasteiger partial charge on any atom is 0.244 e. The van der Waals surface area contributed by atoms with Crippen LogP contribution in [0.4, 0.5) is 10.1 Å². The molecule has 202 valence electrons. The summed E-state index contributed by atoms with van der Waals surface area (Å²) in [6.45, 7) is 5.15. The van der Waals surface area contributed by atoms with E-state index in [0.29, 0.717) is 17.7 Å². The van der Waals surface area contributed by atoms with Gasteiger partial charge in [0, 0.05) is 12.6 Å². The summed E-state index contributed by atoms with van der Waals surface area (Å²) in [7, 11) is -3.80. The zero-order valence-electron chi connectivity index (χ0n) is 22.2. The highest BCUT2D eigenvalue weighted by molar-refractivity contribution is 7.92. The summed E-state index contributed by atoms with van der Waals surface area (Å²) in [4.78, 5) is 28.6. The number of aryl methyl sites for hydroxylation is 2. The summed E-state index contributed by atoms with van der Waals surface area (Å²) in [5.41, 5.74) is 2.77. The third-order valence-corrected chi connectivity index (χ3v) is 8.03. The standard InChI is InChI=1S/C28H38FN3O4S/c1-5-25(28(34)30-24-9-7-6-8-10-24)31(18-22-12-14-23(29)15-13-22)27(33)19-32(37(4,35)36)26-16-11-20(2)17-21(26)3/h11-17,24-25H,5-10,18-19H2,1-4H3,(H,30,34). The average molecular weight is 532 g/mol. The van der Waals surface area contributed by atoms with Gasteiger partial charge >= 0.3 is 0 Å².